The highest BCUT2D eigenvalue weighted by molar-refractivity contribution is 5.25. The number of nitrogens with zero attached hydrogens (tertiary/aromatic N) is 3. The largest absolute Gasteiger partial charge is 0.313 e. The molecule has 2 aromatic rings. The van der Waals surface area contributed by atoms with Crippen LogP contribution >= 0.6 is 0 Å². The summed E-state index contributed by atoms with van der Waals surface area (Å²) in [7, 11) is 2.01. The number of hydrogen-bond donors (Lipinski definition) is 1. The lowest BCUT2D eigenvalue weighted by Crippen LogP contribution is -2.34. The van der Waals surface area contributed by atoms with Crippen molar-refractivity contribution in [2.24, 2.45) is 7.05 Å². The van der Waals surface area contributed by atoms with Gasteiger partial charge in [0.15, 0.2) is 0 Å². The Bertz CT molecular complexity index is 560. The molecule has 0 spiro atoms. The van der Waals surface area contributed by atoms with Crippen LogP contribution in [0.1, 0.15) is 36.0 Å². The predicted octanol–water partition coefficient (Wildman–Crippen LogP) is 2.59. The van der Waals surface area contributed by atoms with E-state index in [2.05, 4.69) is 48.3 Å². The van der Waals surface area contributed by atoms with Crippen LogP contribution in [-0.4, -0.2) is 27.4 Å². The van der Waals surface area contributed by atoms with E-state index >= 15 is 0 Å². The Hall–Kier alpha value is -1.68. The monoisotopic (exact) mass is 286 g/mol. The predicted molar refractivity (Wildman–Crippen MR) is 86.4 cm³/mol. The molecule has 0 bridgehead atoms. The third-order valence-corrected chi connectivity index (χ3v) is 3.97. The van der Waals surface area contributed by atoms with Gasteiger partial charge in [-0.25, -0.2) is 0 Å². The lowest BCUT2D eigenvalue weighted by Gasteiger charge is -2.18. The summed E-state index contributed by atoms with van der Waals surface area (Å²) in [5, 5.41) is 8.18. The number of aromatic nitrogens is 3. The number of rotatable bonds is 7. The molecule has 114 valence electrons. The minimum absolute atomic E-state index is 0.404. The molecule has 4 nitrogen and oxygen atoms in total. The zero-order chi connectivity index (χ0) is 15.2. The van der Waals surface area contributed by atoms with Gasteiger partial charge in [-0.3, -0.25) is 9.67 Å². The Kier molecular flexibility index (Phi) is 5.51. The van der Waals surface area contributed by atoms with Crippen molar-refractivity contribution in [3.63, 3.8) is 0 Å². The zero-order valence-electron chi connectivity index (χ0n) is 13.6. The van der Waals surface area contributed by atoms with Crippen LogP contribution < -0.4 is 5.32 Å². The minimum Gasteiger partial charge on any atom is -0.313 e. The molecule has 0 radical (unpaired) electrons. The number of pyridine rings is 1. The average Bonchev–Trinajstić information content (AvgIpc) is 2.72. The first kappa shape index (κ1) is 15.7. The molecule has 0 aromatic carbocycles. The number of hydrogen-bond acceptors (Lipinski definition) is 3. The fourth-order valence-corrected chi connectivity index (χ4v) is 2.70. The highest BCUT2D eigenvalue weighted by atomic mass is 15.3. The first-order chi connectivity index (χ1) is 10.1. The second kappa shape index (κ2) is 7.36. The third kappa shape index (κ3) is 4.14. The summed E-state index contributed by atoms with van der Waals surface area (Å²) < 4.78 is 1.97. The first-order valence-corrected chi connectivity index (χ1v) is 7.74. The third-order valence-electron chi connectivity index (χ3n) is 3.97. The van der Waals surface area contributed by atoms with E-state index in [1.54, 1.807) is 0 Å². The van der Waals surface area contributed by atoms with Crippen LogP contribution in [0, 0.1) is 13.8 Å². The summed E-state index contributed by atoms with van der Waals surface area (Å²) in [4.78, 5) is 4.46. The van der Waals surface area contributed by atoms with Gasteiger partial charge in [-0.2, -0.15) is 5.10 Å². The summed E-state index contributed by atoms with van der Waals surface area (Å²) in [6, 6.07) is 6.53. The Morgan fingerprint density at radius 2 is 2.05 bits per heavy atom. The minimum atomic E-state index is 0.404. The number of nitrogens with one attached hydrogen (secondary N) is 1. The van der Waals surface area contributed by atoms with Crippen LogP contribution in [0.4, 0.5) is 0 Å². The smallest absolute Gasteiger partial charge is 0.0628 e. The maximum absolute atomic E-state index is 4.52. The molecule has 4 heteroatoms. The van der Waals surface area contributed by atoms with E-state index in [0.29, 0.717) is 6.04 Å². The topological polar surface area (TPSA) is 42.7 Å². The van der Waals surface area contributed by atoms with Crippen LogP contribution in [0.5, 0.6) is 0 Å². The molecule has 2 rings (SSSR count). The molecule has 0 amide bonds. The Morgan fingerprint density at radius 1 is 1.24 bits per heavy atom. The molecular formula is C17H26N4. The van der Waals surface area contributed by atoms with Crippen molar-refractivity contribution in [1.82, 2.24) is 20.1 Å². The van der Waals surface area contributed by atoms with Crippen LogP contribution in [0.2, 0.25) is 0 Å². The second-order valence-electron chi connectivity index (χ2n) is 5.65. The van der Waals surface area contributed by atoms with Gasteiger partial charge in [0.2, 0.25) is 0 Å². The molecule has 0 saturated heterocycles. The number of aryl methyl sites for hydroxylation is 2. The summed E-state index contributed by atoms with van der Waals surface area (Å²) in [5.74, 6) is 0. The van der Waals surface area contributed by atoms with Gasteiger partial charge in [0.25, 0.3) is 0 Å². The van der Waals surface area contributed by atoms with Gasteiger partial charge >= 0.3 is 0 Å². The van der Waals surface area contributed by atoms with E-state index in [0.717, 1.165) is 37.2 Å². The summed E-state index contributed by atoms with van der Waals surface area (Å²) in [6.45, 7) is 7.48. The molecule has 2 heterocycles. The standard InChI is InChI=1S/C17H26N4/c1-5-9-18-16(11-15-8-6-7-10-19-15)12-17-13(2)20-21(4)14(17)3/h6-8,10,16,18H,5,9,11-12H2,1-4H3. The van der Waals surface area contributed by atoms with E-state index in [9.17, 15) is 0 Å². The molecule has 0 fully saturated rings. The second-order valence-corrected chi connectivity index (χ2v) is 5.65. The fourth-order valence-electron chi connectivity index (χ4n) is 2.70. The van der Waals surface area contributed by atoms with Crippen molar-refractivity contribution in [2.45, 2.75) is 46.1 Å². The van der Waals surface area contributed by atoms with Gasteiger partial charge in [-0.05, 0) is 50.9 Å². The van der Waals surface area contributed by atoms with Gasteiger partial charge in [0, 0.05) is 37.1 Å². The van der Waals surface area contributed by atoms with E-state index in [1.165, 1.54) is 11.3 Å². The Balaban J connectivity index is 2.12. The van der Waals surface area contributed by atoms with Crippen LogP contribution in [0.25, 0.3) is 0 Å². The van der Waals surface area contributed by atoms with Crippen molar-refractivity contribution >= 4 is 0 Å². The quantitative estimate of drug-likeness (QED) is 0.850. The summed E-state index contributed by atoms with van der Waals surface area (Å²) >= 11 is 0. The molecule has 21 heavy (non-hydrogen) atoms. The van der Waals surface area contributed by atoms with Crippen molar-refractivity contribution in [1.29, 1.82) is 0 Å². The Labute approximate surface area is 127 Å². The van der Waals surface area contributed by atoms with E-state index in [-0.39, 0.29) is 0 Å². The maximum Gasteiger partial charge on any atom is 0.0628 e. The van der Waals surface area contributed by atoms with Crippen molar-refractivity contribution in [2.75, 3.05) is 6.54 Å². The van der Waals surface area contributed by atoms with Gasteiger partial charge < -0.3 is 5.32 Å². The van der Waals surface area contributed by atoms with E-state index in [4.69, 9.17) is 0 Å². The van der Waals surface area contributed by atoms with Crippen LogP contribution in [0.3, 0.4) is 0 Å². The van der Waals surface area contributed by atoms with Crippen molar-refractivity contribution in [3.05, 3.63) is 47.0 Å². The average molecular weight is 286 g/mol. The molecule has 0 aliphatic carbocycles. The molecule has 0 aliphatic heterocycles. The van der Waals surface area contributed by atoms with Gasteiger partial charge in [0.05, 0.1) is 5.69 Å². The van der Waals surface area contributed by atoms with Gasteiger partial charge in [-0.1, -0.05) is 13.0 Å². The zero-order valence-corrected chi connectivity index (χ0v) is 13.6. The van der Waals surface area contributed by atoms with Gasteiger partial charge in [-0.15, -0.1) is 0 Å². The normalized spacial score (nSPS) is 12.6. The highest BCUT2D eigenvalue weighted by Crippen LogP contribution is 2.16. The first-order valence-electron chi connectivity index (χ1n) is 7.74. The fraction of sp³-hybridized carbons (Fsp3) is 0.529. The van der Waals surface area contributed by atoms with Crippen LogP contribution in [0.15, 0.2) is 24.4 Å². The highest BCUT2D eigenvalue weighted by Gasteiger charge is 2.16. The molecule has 1 atom stereocenters. The molecule has 2 aromatic heterocycles. The molecule has 0 saturated carbocycles. The molecule has 1 N–H and O–H groups in total. The van der Waals surface area contributed by atoms with E-state index in [1.807, 2.05) is 24.0 Å². The van der Waals surface area contributed by atoms with Crippen molar-refractivity contribution < 1.29 is 0 Å². The molecule has 0 aliphatic rings. The molecule has 1 unspecified atom stereocenters. The van der Waals surface area contributed by atoms with Crippen molar-refractivity contribution in [3.8, 4) is 0 Å². The SMILES string of the molecule is CCCNC(Cc1ccccn1)Cc1c(C)nn(C)c1C. The van der Waals surface area contributed by atoms with Crippen LogP contribution in [-0.2, 0) is 19.9 Å². The summed E-state index contributed by atoms with van der Waals surface area (Å²) in [5.41, 5.74) is 4.91. The van der Waals surface area contributed by atoms with E-state index < -0.39 is 0 Å². The summed E-state index contributed by atoms with van der Waals surface area (Å²) in [6.07, 6.45) is 4.97. The maximum atomic E-state index is 4.52. The lowest BCUT2D eigenvalue weighted by atomic mass is 10.00. The molecular weight excluding hydrogens is 260 g/mol. The Morgan fingerprint density at radius 3 is 2.62 bits per heavy atom. The van der Waals surface area contributed by atoms with Gasteiger partial charge in [0.1, 0.15) is 0 Å². The lowest BCUT2D eigenvalue weighted by molar-refractivity contribution is 0.498.